The van der Waals surface area contributed by atoms with Gasteiger partial charge in [-0.05, 0) is 12.1 Å². The molecule has 1 fully saturated rings. The molecule has 19 heavy (non-hydrogen) atoms. The molecule has 104 valence electrons. The molecule has 0 spiro atoms. The van der Waals surface area contributed by atoms with E-state index >= 15 is 0 Å². The summed E-state index contributed by atoms with van der Waals surface area (Å²) in [6.07, 6.45) is 2.69. The Morgan fingerprint density at radius 1 is 1.32 bits per heavy atom. The Balaban J connectivity index is 2.07. The fraction of sp³-hybridized carbons (Fsp3) is 0.455. The summed E-state index contributed by atoms with van der Waals surface area (Å²) in [6.45, 7) is 1.34. The Morgan fingerprint density at radius 3 is 2.47 bits per heavy atom. The topological polar surface area (TPSA) is 96.6 Å². The maximum atomic E-state index is 12.2. The van der Waals surface area contributed by atoms with Gasteiger partial charge in [-0.2, -0.15) is 4.31 Å². The van der Waals surface area contributed by atoms with Crippen molar-refractivity contribution in [2.45, 2.75) is 0 Å². The number of piperazine rings is 1. The van der Waals surface area contributed by atoms with Crippen LogP contribution in [0, 0.1) is 0 Å². The Morgan fingerprint density at radius 2 is 1.95 bits per heavy atom. The molecule has 0 aliphatic carbocycles. The van der Waals surface area contributed by atoms with E-state index in [0.29, 0.717) is 31.7 Å². The van der Waals surface area contributed by atoms with Gasteiger partial charge in [0.1, 0.15) is 5.82 Å². The maximum Gasteiger partial charge on any atom is 0.257 e. The van der Waals surface area contributed by atoms with E-state index in [9.17, 15) is 13.2 Å². The first-order valence-corrected chi connectivity index (χ1v) is 7.69. The molecule has 2 N–H and O–H groups in total. The zero-order valence-corrected chi connectivity index (χ0v) is 11.4. The fourth-order valence-corrected chi connectivity index (χ4v) is 2.82. The van der Waals surface area contributed by atoms with Gasteiger partial charge in [-0.1, -0.05) is 0 Å². The van der Waals surface area contributed by atoms with Gasteiger partial charge in [0, 0.05) is 32.4 Å². The third-order valence-electron chi connectivity index (χ3n) is 3.06. The first-order chi connectivity index (χ1) is 8.89. The van der Waals surface area contributed by atoms with E-state index in [1.54, 1.807) is 17.0 Å². The normalized spacial score (nSPS) is 17.4. The minimum absolute atomic E-state index is 0.193. The van der Waals surface area contributed by atoms with Crippen molar-refractivity contribution in [2.24, 2.45) is 0 Å². The van der Waals surface area contributed by atoms with Crippen molar-refractivity contribution in [2.75, 3.05) is 38.2 Å². The molecule has 1 aromatic rings. The van der Waals surface area contributed by atoms with Crippen LogP contribution >= 0.6 is 0 Å². The number of hydrogen-bond donors (Lipinski definition) is 1. The Hall–Kier alpha value is -1.67. The molecule has 0 radical (unpaired) electrons. The number of hydrogen-bond acceptors (Lipinski definition) is 5. The number of aromatic nitrogens is 1. The van der Waals surface area contributed by atoms with Gasteiger partial charge < -0.3 is 10.6 Å². The number of nitrogens with two attached hydrogens (primary N) is 1. The molecule has 0 atom stereocenters. The van der Waals surface area contributed by atoms with E-state index in [1.807, 2.05) is 0 Å². The van der Waals surface area contributed by atoms with Crippen LogP contribution < -0.4 is 5.73 Å². The number of carbonyl (C=O) groups excluding carboxylic acids is 1. The number of carbonyl (C=O) groups is 1. The lowest BCUT2D eigenvalue weighted by Gasteiger charge is -2.33. The molecule has 0 unspecified atom stereocenters. The zero-order chi connectivity index (χ0) is 14.0. The summed E-state index contributed by atoms with van der Waals surface area (Å²) in [5, 5.41) is 0. The number of rotatable bonds is 2. The van der Waals surface area contributed by atoms with Gasteiger partial charge in [0.25, 0.3) is 5.91 Å². The summed E-state index contributed by atoms with van der Waals surface area (Å²) in [7, 11) is -3.19. The summed E-state index contributed by atoms with van der Waals surface area (Å²) in [6, 6.07) is 3.27. The van der Waals surface area contributed by atoms with Crippen LogP contribution in [0.1, 0.15) is 10.4 Å². The molecule has 1 saturated heterocycles. The van der Waals surface area contributed by atoms with E-state index in [2.05, 4.69) is 4.98 Å². The molecular weight excluding hydrogens is 268 g/mol. The number of nitrogen functional groups attached to an aromatic ring is 1. The Kier molecular flexibility index (Phi) is 3.72. The predicted octanol–water partition coefficient (Wildman–Crippen LogP) is -0.619. The van der Waals surface area contributed by atoms with Crippen molar-refractivity contribution in [1.82, 2.24) is 14.2 Å². The van der Waals surface area contributed by atoms with E-state index in [-0.39, 0.29) is 11.7 Å². The largest absolute Gasteiger partial charge is 0.383 e. The molecule has 2 rings (SSSR count). The Bertz CT molecular complexity index is 579. The van der Waals surface area contributed by atoms with Crippen molar-refractivity contribution in [3.05, 3.63) is 23.9 Å². The minimum Gasteiger partial charge on any atom is -0.383 e. The van der Waals surface area contributed by atoms with Crippen LogP contribution in [0.3, 0.4) is 0 Å². The lowest BCUT2D eigenvalue weighted by molar-refractivity contribution is 0.0699. The van der Waals surface area contributed by atoms with Crippen LogP contribution in [0.25, 0.3) is 0 Å². The van der Waals surface area contributed by atoms with Crippen molar-refractivity contribution >= 4 is 21.7 Å². The van der Waals surface area contributed by atoms with Gasteiger partial charge in [-0.25, -0.2) is 13.4 Å². The predicted molar refractivity (Wildman–Crippen MR) is 71.0 cm³/mol. The molecule has 0 aromatic carbocycles. The highest BCUT2D eigenvalue weighted by Gasteiger charge is 2.27. The number of pyridine rings is 1. The summed E-state index contributed by atoms with van der Waals surface area (Å²) < 4.78 is 24.1. The van der Waals surface area contributed by atoms with E-state index in [0.717, 1.165) is 0 Å². The lowest BCUT2D eigenvalue weighted by atomic mass is 10.2. The molecule has 1 aliphatic rings. The van der Waals surface area contributed by atoms with Gasteiger partial charge >= 0.3 is 0 Å². The minimum atomic E-state index is -3.19. The molecule has 1 amide bonds. The fourth-order valence-electron chi connectivity index (χ4n) is 1.99. The molecular formula is C11H16N4O3S. The first kappa shape index (κ1) is 13.8. The van der Waals surface area contributed by atoms with Crippen LogP contribution in [0.2, 0.25) is 0 Å². The molecule has 8 heteroatoms. The SMILES string of the molecule is CS(=O)(=O)N1CCN(C(=O)c2cccnc2N)CC1. The summed E-state index contributed by atoms with van der Waals surface area (Å²) >= 11 is 0. The molecule has 0 saturated carbocycles. The summed E-state index contributed by atoms with van der Waals surface area (Å²) in [4.78, 5) is 17.7. The van der Waals surface area contributed by atoms with Crippen LogP contribution in [0.15, 0.2) is 18.3 Å². The van der Waals surface area contributed by atoms with E-state index < -0.39 is 10.0 Å². The second-order valence-electron chi connectivity index (χ2n) is 4.39. The Labute approximate surface area is 112 Å². The smallest absolute Gasteiger partial charge is 0.257 e. The third kappa shape index (κ3) is 3.02. The molecule has 1 aromatic heterocycles. The molecule has 2 heterocycles. The van der Waals surface area contributed by atoms with Crippen LogP contribution in [0.4, 0.5) is 5.82 Å². The molecule has 7 nitrogen and oxygen atoms in total. The van der Waals surface area contributed by atoms with Crippen LogP contribution in [0.5, 0.6) is 0 Å². The number of anilines is 1. The number of amides is 1. The third-order valence-corrected chi connectivity index (χ3v) is 4.37. The van der Waals surface area contributed by atoms with Crippen molar-refractivity contribution in [3.8, 4) is 0 Å². The van der Waals surface area contributed by atoms with Gasteiger partial charge in [-0.3, -0.25) is 4.79 Å². The van der Waals surface area contributed by atoms with Gasteiger partial charge in [-0.15, -0.1) is 0 Å². The van der Waals surface area contributed by atoms with Crippen LogP contribution in [-0.4, -0.2) is 60.9 Å². The standard InChI is InChI=1S/C11H16N4O3S/c1-19(17,18)15-7-5-14(6-8-15)11(16)9-3-2-4-13-10(9)12/h2-4H,5-8H2,1H3,(H2,12,13). The highest BCUT2D eigenvalue weighted by atomic mass is 32.2. The van der Waals surface area contributed by atoms with Crippen molar-refractivity contribution in [3.63, 3.8) is 0 Å². The number of nitrogens with zero attached hydrogens (tertiary/aromatic N) is 3. The van der Waals surface area contributed by atoms with E-state index in [1.165, 1.54) is 16.8 Å². The maximum absolute atomic E-state index is 12.2. The van der Waals surface area contributed by atoms with Crippen molar-refractivity contribution in [1.29, 1.82) is 0 Å². The highest BCUT2D eigenvalue weighted by Crippen LogP contribution is 2.13. The zero-order valence-electron chi connectivity index (χ0n) is 10.6. The van der Waals surface area contributed by atoms with Gasteiger partial charge in [0.05, 0.1) is 11.8 Å². The quantitative estimate of drug-likeness (QED) is 0.781. The monoisotopic (exact) mass is 284 g/mol. The first-order valence-electron chi connectivity index (χ1n) is 5.84. The molecule has 1 aliphatic heterocycles. The molecule has 0 bridgehead atoms. The van der Waals surface area contributed by atoms with E-state index in [4.69, 9.17) is 5.73 Å². The second-order valence-corrected chi connectivity index (χ2v) is 6.37. The van der Waals surface area contributed by atoms with Gasteiger partial charge in [0.15, 0.2) is 0 Å². The number of sulfonamides is 1. The average Bonchev–Trinajstić information content (AvgIpc) is 2.38. The highest BCUT2D eigenvalue weighted by molar-refractivity contribution is 7.88. The lowest BCUT2D eigenvalue weighted by Crippen LogP contribution is -2.50. The summed E-state index contributed by atoms with van der Waals surface area (Å²) in [5.74, 6) is -0.0169. The summed E-state index contributed by atoms with van der Waals surface area (Å²) in [5.41, 5.74) is 6.02. The van der Waals surface area contributed by atoms with Crippen molar-refractivity contribution < 1.29 is 13.2 Å². The second kappa shape index (κ2) is 5.14. The van der Waals surface area contributed by atoms with Gasteiger partial charge in [0.2, 0.25) is 10.0 Å². The average molecular weight is 284 g/mol. The van der Waals surface area contributed by atoms with Crippen LogP contribution in [-0.2, 0) is 10.0 Å².